The van der Waals surface area contributed by atoms with Crippen LogP contribution in [0.2, 0.25) is 0 Å². The zero-order valence-electron chi connectivity index (χ0n) is 16.0. The first-order valence-electron chi connectivity index (χ1n) is 9.86. The number of hydrogen-bond acceptors (Lipinski definition) is 5. The molecule has 3 N–H and O–H groups in total. The summed E-state index contributed by atoms with van der Waals surface area (Å²) in [6.45, 7) is 2.17. The molecule has 0 aromatic heterocycles. The van der Waals surface area contributed by atoms with Crippen molar-refractivity contribution in [1.29, 1.82) is 0 Å². The first kappa shape index (κ1) is 20.5. The van der Waals surface area contributed by atoms with Gasteiger partial charge in [0.2, 0.25) is 11.8 Å². The quantitative estimate of drug-likeness (QED) is 0.207. The predicted octanol–water partition coefficient (Wildman–Crippen LogP) is 0.777. The van der Waals surface area contributed by atoms with Crippen molar-refractivity contribution in [2.45, 2.75) is 57.0 Å². The van der Waals surface area contributed by atoms with Crippen molar-refractivity contribution < 1.29 is 29.0 Å². The summed E-state index contributed by atoms with van der Waals surface area (Å²) in [5.74, 6) is -0.850. The van der Waals surface area contributed by atoms with E-state index in [1.807, 2.05) is 6.08 Å². The van der Waals surface area contributed by atoms with Gasteiger partial charge in [0.05, 0.1) is 18.8 Å². The van der Waals surface area contributed by atoms with Gasteiger partial charge in [-0.05, 0) is 38.2 Å². The molecule has 6 atom stereocenters. The van der Waals surface area contributed by atoms with E-state index in [-0.39, 0.29) is 61.0 Å². The van der Waals surface area contributed by atoms with E-state index in [9.17, 15) is 14.4 Å². The van der Waals surface area contributed by atoms with E-state index in [0.29, 0.717) is 13.0 Å². The van der Waals surface area contributed by atoms with Crippen LogP contribution in [0.3, 0.4) is 0 Å². The zero-order chi connectivity index (χ0) is 20.1. The number of nitrogens with one attached hydrogen (secondary N) is 2. The zero-order valence-corrected chi connectivity index (χ0v) is 16.0. The van der Waals surface area contributed by atoms with Gasteiger partial charge in [-0.2, -0.15) is 0 Å². The number of carboxylic acids is 1. The maximum atomic E-state index is 12.0. The number of fused-ring (bicyclic) bond motifs is 5. The lowest BCUT2D eigenvalue weighted by molar-refractivity contribution is -0.137. The molecular formula is C20H28N2O6. The maximum Gasteiger partial charge on any atom is 0.303 e. The van der Waals surface area contributed by atoms with Gasteiger partial charge in [-0.15, -0.1) is 0 Å². The Hall–Kier alpha value is -2.19. The molecule has 0 aromatic rings. The molecule has 0 unspecified atom stereocenters. The summed E-state index contributed by atoms with van der Waals surface area (Å²) in [5.41, 5.74) is 0. The van der Waals surface area contributed by atoms with Crippen LogP contribution in [0.1, 0.15) is 32.6 Å². The van der Waals surface area contributed by atoms with Gasteiger partial charge in [-0.1, -0.05) is 18.2 Å². The van der Waals surface area contributed by atoms with Gasteiger partial charge in [0.15, 0.2) is 0 Å². The number of epoxide rings is 1. The van der Waals surface area contributed by atoms with Crippen LogP contribution in [0, 0.1) is 11.8 Å². The van der Waals surface area contributed by atoms with E-state index in [0.717, 1.165) is 12.8 Å². The standard InChI is InChI=1S/C20H28N2O6/c1-2-7-14(23)22-11-15(24)21-10-13-12(8-5-3-4-6-9-16(25)26)17-19-20(28-19)18(13)27-17/h2-3,5,7,12-13,17-20H,4,6,8-11H2,1H3,(H,21,24)(H,22,23)(H,25,26)/t12-,13+,17+,18-,19-,20+/m0/s1. The number of hydrogen-bond donors (Lipinski definition) is 3. The molecule has 3 fully saturated rings. The van der Waals surface area contributed by atoms with Crippen LogP contribution in [0.5, 0.6) is 0 Å². The van der Waals surface area contributed by atoms with Crippen molar-refractivity contribution in [3.63, 3.8) is 0 Å². The number of aliphatic carboxylic acids is 1. The van der Waals surface area contributed by atoms with Crippen LogP contribution in [-0.4, -0.2) is 60.4 Å². The van der Waals surface area contributed by atoms with E-state index in [4.69, 9.17) is 14.6 Å². The van der Waals surface area contributed by atoms with Crippen molar-refractivity contribution >= 4 is 17.8 Å². The Morgan fingerprint density at radius 2 is 1.71 bits per heavy atom. The molecule has 8 nitrogen and oxygen atoms in total. The minimum Gasteiger partial charge on any atom is -0.481 e. The van der Waals surface area contributed by atoms with Crippen LogP contribution in [-0.2, 0) is 23.9 Å². The SMILES string of the molecule is CC=CC(=O)NCC(=O)NC[C@@H]1[C@H](CC=CCCCC(=O)O)[C@H]2O[C@@H]1[C@H]1O[C@H]12. The molecule has 0 aromatic carbocycles. The Morgan fingerprint density at radius 3 is 2.43 bits per heavy atom. The fourth-order valence-corrected chi connectivity index (χ4v) is 4.17. The summed E-state index contributed by atoms with van der Waals surface area (Å²) in [6, 6.07) is 0. The summed E-state index contributed by atoms with van der Waals surface area (Å²) in [6.07, 6.45) is 9.87. The molecule has 3 saturated heterocycles. The molecule has 3 rings (SSSR count). The fourth-order valence-electron chi connectivity index (χ4n) is 4.17. The smallest absolute Gasteiger partial charge is 0.303 e. The van der Waals surface area contributed by atoms with Crippen molar-refractivity contribution in [1.82, 2.24) is 10.6 Å². The van der Waals surface area contributed by atoms with Crippen LogP contribution in [0.4, 0.5) is 0 Å². The predicted molar refractivity (Wildman–Crippen MR) is 100 cm³/mol. The molecule has 2 amide bonds. The lowest BCUT2D eigenvalue weighted by Gasteiger charge is -2.25. The molecule has 0 radical (unpaired) electrons. The van der Waals surface area contributed by atoms with E-state index >= 15 is 0 Å². The summed E-state index contributed by atoms with van der Waals surface area (Å²) in [5, 5.41) is 14.1. The van der Waals surface area contributed by atoms with E-state index < -0.39 is 5.97 Å². The number of amides is 2. The lowest BCUT2D eigenvalue weighted by atomic mass is 9.77. The van der Waals surface area contributed by atoms with Gasteiger partial charge in [0, 0.05) is 18.9 Å². The first-order chi connectivity index (χ1) is 13.5. The van der Waals surface area contributed by atoms with Gasteiger partial charge >= 0.3 is 5.97 Å². The molecule has 0 saturated carbocycles. The Kier molecular flexibility index (Phi) is 6.85. The highest BCUT2D eigenvalue weighted by Crippen LogP contribution is 2.54. The van der Waals surface area contributed by atoms with E-state index in [1.54, 1.807) is 13.0 Å². The minimum absolute atomic E-state index is 0.0123. The van der Waals surface area contributed by atoms with Crippen molar-refractivity contribution in [3.8, 4) is 0 Å². The second-order valence-electron chi connectivity index (χ2n) is 7.47. The molecule has 8 heteroatoms. The highest BCUT2D eigenvalue weighted by molar-refractivity contribution is 5.91. The molecular weight excluding hydrogens is 364 g/mol. The molecule has 3 aliphatic heterocycles. The maximum absolute atomic E-state index is 12.0. The number of allylic oxidation sites excluding steroid dienone is 3. The average Bonchev–Trinajstić information content (AvgIpc) is 3.28. The lowest BCUT2D eigenvalue weighted by Crippen LogP contribution is -2.43. The van der Waals surface area contributed by atoms with Gasteiger partial charge in [-0.3, -0.25) is 14.4 Å². The Morgan fingerprint density at radius 1 is 1.00 bits per heavy atom. The highest BCUT2D eigenvalue weighted by atomic mass is 16.7. The highest BCUT2D eigenvalue weighted by Gasteiger charge is 2.68. The van der Waals surface area contributed by atoms with Crippen molar-refractivity contribution in [3.05, 3.63) is 24.3 Å². The molecule has 0 spiro atoms. The minimum atomic E-state index is -0.774. The third-order valence-electron chi connectivity index (χ3n) is 5.53. The van der Waals surface area contributed by atoms with Crippen LogP contribution in [0.25, 0.3) is 0 Å². The average molecular weight is 392 g/mol. The Labute approximate surface area is 164 Å². The normalized spacial score (nSPS) is 32.6. The molecule has 2 bridgehead atoms. The van der Waals surface area contributed by atoms with Gasteiger partial charge in [-0.25, -0.2) is 0 Å². The van der Waals surface area contributed by atoms with Crippen LogP contribution in [0.15, 0.2) is 24.3 Å². The summed E-state index contributed by atoms with van der Waals surface area (Å²) >= 11 is 0. The Bertz CT molecular complexity index is 661. The third kappa shape index (κ3) is 4.99. The van der Waals surface area contributed by atoms with Gasteiger partial charge in [0.25, 0.3) is 0 Å². The second kappa shape index (κ2) is 9.34. The monoisotopic (exact) mass is 392 g/mol. The molecule has 3 aliphatic rings. The van der Waals surface area contributed by atoms with Crippen molar-refractivity contribution in [2.24, 2.45) is 11.8 Å². The van der Waals surface area contributed by atoms with Gasteiger partial charge < -0.3 is 25.2 Å². The second-order valence-corrected chi connectivity index (χ2v) is 7.47. The van der Waals surface area contributed by atoms with Crippen molar-refractivity contribution in [2.75, 3.05) is 13.1 Å². The number of ether oxygens (including phenoxy) is 2. The van der Waals surface area contributed by atoms with Crippen LogP contribution >= 0.6 is 0 Å². The van der Waals surface area contributed by atoms with Gasteiger partial charge in [0.1, 0.15) is 12.2 Å². The summed E-state index contributed by atoms with van der Waals surface area (Å²) in [7, 11) is 0. The van der Waals surface area contributed by atoms with Crippen LogP contribution < -0.4 is 10.6 Å². The number of carbonyl (C=O) groups excluding carboxylic acids is 2. The van der Waals surface area contributed by atoms with E-state index in [2.05, 4.69) is 16.7 Å². The summed E-state index contributed by atoms with van der Waals surface area (Å²) in [4.78, 5) is 33.9. The number of carboxylic acid groups (broad SMARTS) is 1. The summed E-state index contributed by atoms with van der Waals surface area (Å²) < 4.78 is 11.8. The molecule has 28 heavy (non-hydrogen) atoms. The number of rotatable bonds is 11. The topological polar surface area (TPSA) is 117 Å². The number of carbonyl (C=O) groups is 3. The molecule has 3 heterocycles. The largest absolute Gasteiger partial charge is 0.481 e. The number of unbranched alkanes of at least 4 members (excludes halogenated alkanes) is 1. The molecule has 0 aliphatic carbocycles. The first-order valence-corrected chi connectivity index (χ1v) is 9.86. The fraction of sp³-hybridized carbons (Fsp3) is 0.650. The van der Waals surface area contributed by atoms with E-state index in [1.165, 1.54) is 6.08 Å². The molecule has 154 valence electrons. The third-order valence-corrected chi connectivity index (χ3v) is 5.53. The Balaban J connectivity index is 1.44.